The van der Waals surface area contributed by atoms with Crippen LogP contribution in [0, 0.1) is 18.3 Å². The van der Waals surface area contributed by atoms with Gasteiger partial charge in [-0.25, -0.2) is 9.48 Å². The molecule has 2 aromatic carbocycles. The van der Waals surface area contributed by atoms with Gasteiger partial charge in [-0.15, -0.1) is 0 Å². The van der Waals surface area contributed by atoms with E-state index >= 15 is 0 Å². The van der Waals surface area contributed by atoms with Crippen LogP contribution in [0.25, 0.3) is 16.9 Å². The highest BCUT2D eigenvalue weighted by molar-refractivity contribution is 5.94. The fourth-order valence-electron chi connectivity index (χ4n) is 5.41. The number of carbonyl (C=O) groups excluding carboxylic acids is 2. The lowest BCUT2D eigenvalue weighted by molar-refractivity contribution is 0.0518. The number of nitrogens with one attached hydrogen (secondary N) is 1. The van der Waals surface area contributed by atoms with Crippen LogP contribution in [0.5, 0.6) is 0 Å². The number of benzene rings is 2. The van der Waals surface area contributed by atoms with E-state index in [9.17, 15) is 9.59 Å². The van der Waals surface area contributed by atoms with Crippen LogP contribution in [0.15, 0.2) is 54.6 Å². The summed E-state index contributed by atoms with van der Waals surface area (Å²) in [5, 5.41) is 7.79. The summed E-state index contributed by atoms with van der Waals surface area (Å²) in [7, 11) is 0. The molecule has 1 heterocycles. The predicted molar refractivity (Wildman–Crippen MR) is 138 cm³/mol. The Labute approximate surface area is 207 Å². The van der Waals surface area contributed by atoms with Gasteiger partial charge in [-0.05, 0) is 80.3 Å². The summed E-state index contributed by atoms with van der Waals surface area (Å²) >= 11 is 0. The van der Waals surface area contributed by atoms with Gasteiger partial charge in [0.05, 0.1) is 18.0 Å². The number of aromatic nitrogens is 2. The molecule has 2 atom stereocenters. The maximum Gasteiger partial charge on any atom is 0.358 e. The molecule has 184 valence electrons. The molecule has 6 nitrogen and oxygen atoms in total. The van der Waals surface area contributed by atoms with Gasteiger partial charge < -0.3 is 10.1 Å². The molecule has 1 fully saturated rings. The molecule has 4 rings (SSSR count). The molecule has 1 N–H and O–H groups in total. The maximum atomic E-state index is 13.0. The van der Waals surface area contributed by atoms with E-state index in [4.69, 9.17) is 4.74 Å². The van der Waals surface area contributed by atoms with Gasteiger partial charge in [0, 0.05) is 17.2 Å². The number of nitrogens with zero attached hydrogens (tertiary/aromatic N) is 2. The van der Waals surface area contributed by atoms with Gasteiger partial charge >= 0.3 is 5.97 Å². The maximum absolute atomic E-state index is 13.0. The quantitative estimate of drug-likeness (QED) is 0.448. The molecule has 0 saturated heterocycles. The van der Waals surface area contributed by atoms with Gasteiger partial charge in [0.1, 0.15) is 0 Å². The monoisotopic (exact) mass is 473 g/mol. The largest absolute Gasteiger partial charge is 0.461 e. The first-order valence-electron chi connectivity index (χ1n) is 12.4. The molecule has 1 aliphatic rings. The van der Waals surface area contributed by atoms with Crippen molar-refractivity contribution in [3.63, 3.8) is 0 Å². The van der Waals surface area contributed by atoms with Gasteiger partial charge in [0.2, 0.25) is 0 Å². The van der Waals surface area contributed by atoms with Crippen molar-refractivity contribution in [2.45, 2.75) is 59.9 Å². The van der Waals surface area contributed by atoms with Crippen molar-refractivity contribution in [2.75, 3.05) is 6.61 Å². The standard InChI is InChI=1S/C29H35N3O3/c1-6-35-28(34)25-16-26(24-10-8-7-9-20(24)3)32(31-25)23-13-11-21(12-14-23)27(33)30-22-15-19(2)17-29(4,5)18-22/h7-14,16,19,22H,6,15,17-18H2,1-5H3,(H,30,33)/t19-,22-/m0/s1. The van der Waals surface area contributed by atoms with Gasteiger partial charge in [0.25, 0.3) is 5.91 Å². The molecule has 35 heavy (non-hydrogen) atoms. The molecule has 3 aromatic rings. The summed E-state index contributed by atoms with van der Waals surface area (Å²) in [4.78, 5) is 25.4. The van der Waals surface area contributed by atoms with Crippen LogP contribution < -0.4 is 5.32 Å². The van der Waals surface area contributed by atoms with Crippen LogP contribution in [-0.4, -0.2) is 34.3 Å². The smallest absolute Gasteiger partial charge is 0.358 e. The third kappa shape index (κ3) is 5.64. The first-order chi connectivity index (χ1) is 16.7. The van der Waals surface area contributed by atoms with Crippen LogP contribution in [0.1, 0.15) is 73.4 Å². The molecule has 1 aliphatic carbocycles. The number of hydrogen-bond donors (Lipinski definition) is 1. The number of ether oxygens (including phenoxy) is 1. The summed E-state index contributed by atoms with van der Waals surface area (Å²) in [6, 6.07) is 17.3. The minimum Gasteiger partial charge on any atom is -0.461 e. The second kappa shape index (κ2) is 10.1. The molecular weight excluding hydrogens is 438 g/mol. The summed E-state index contributed by atoms with van der Waals surface area (Å²) in [5.74, 6) is 0.0830. The normalized spacial score (nSPS) is 19.2. The SMILES string of the molecule is CCOC(=O)c1cc(-c2ccccc2C)n(-c2ccc(C(=O)N[C@H]3C[C@H](C)CC(C)(C)C3)cc2)n1. The molecule has 1 aromatic heterocycles. The highest BCUT2D eigenvalue weighted by atomic mass is 16.5. The first-order valence-corrected chi connectivity index (χ1v) is 12.4. The van der Waals surface area contributed by atoms with Crippen LogP contribution >= 0.6 is 0 Å². The van der Waals surface area contributed by atoms with Crippen molar-refractivity contribution < 1.29 is 14.3 Å². The fourth-order valence-corrected chi connectivity index (χ4v) is 5.41. The van der Waals surface area contributed by atoms with Crippen molar-refractivity contribution in [1.29, 1.82) is 0 Å². The zero-order valence-electron chi connectivity index (χ0n) is 21.3. The third-order valence-corrected chi connectivity index (χ3v) is 6.71. The number of hydrogen-bond acceptors (Lipinski definition) is 4. The van der Waals surface area contributed by atoms with Crippen LogP contribution in [0.2, 0.25) is 0 Å². The Kier molecular flexibility index (Phi) is 7.10. The van der Waals surface area contributed by atoms with E-state index in [1.165, 1.54) is 6.42 Å². The number of amides is 1. The lowest BCUT2D eigenvalue weighted by Crippen LogP contribution is -2.42. The highest BCUT2D eigenvalue weighted by Gasteiger charge is 2.32. The Balaban J connectivity index is 1.60. The fraction of sp³-hybridized carbons (Fsp3) is 0.414. The van der Waals surface area contributed by atoms with E-state index in [1.807, 2.05) is 55.5 Å². The second-order valence-corrected chi connectivity index (χ2v) is 10.5. The van der Waals surface area contributed by atoms with Gasteiger partial charge in [-0.2, -0.15) is 5.10 Å². The number of esters is 1. The molecule has 1 amide bonds. The summed E-state index contributed by atoms with van der Waals surface area (Å²) in [5.41, 5.74) is 4.71. The Morgan fingerprint density at radius 1 is 1.11 bits per heavy atom. The number of aryl methyl sites for hydroxylation is 1. The molecule has 0 spiro atoms. The minimum atomic E-state index is -0.457. The van der Waals surface area contributed by atoms with Crippen LogP contribution in [0.4, 0.5) is 0 Å². The van der Waals surface area contributed by atoms with Gasteiger partial charge in [-0.3, -0.25) is 4.79 Å². The Bertz CT molecular complexity index is 1210. The molecule has 0 radical (unpaired) electrons. The average Bonchev–Trinajstić information content (AvgIpc) is 3.23. The number of carbonyl (C=O) groups is 2. The third-order valence-electron chi connectivity index (χ3n) is 6.71. The summed E-state index contributed by atoms with van der Waals surface area (Å²) in [6.07, 6.45) is 3.19. The van der Waals surface area contributed by atoms with Crippen molar-refractivity contribution in [3.05, 3.63) is 71.4 Å². The zero-order chi connectivity index (χ0) is 25.2. The molecule has 0 aliphatic heterocycles. The average molecular weight is 474 g/mol. The topological polar surface area (TPSA) is 73.2 Å². The van der Waals surface area contributed by atoms with E-state index in [0.717, 1.165) is 35.3 Å². The summed E-state index contributed by atoms with van der Waals surface area (Å²) in [6.45, 7) is 10.9. The molecular formula is C29H35N3O3. The molecule has 1 saturated carbocycles. The first kappa shape index (κ1) is 24.7. The summed E-state index contributed by atoms with van der Waals surface area (Å²) < 4.78 is 6.91. The lowest BCUT2D eigenvalue weighted by Gasteiger charge is -2.39. The zero-order valence-corrected chi connectivity index (χ0v) is 21.3. The van der Waals surface area contributed by atoms with Crippen molar-refractivity contribution in [3.8, 4) is 16.9 Å². The van der Waals surface area contributed by atoms with E-state index in [1.54, 1.807) is 17.7 Å². The molecule has 0 bridgehead atoms. The minimum absolute atomic E-state index is 0.0572. The van der Waals surface area contributed by atoms with E-state index < -0.39 is 5.97 Å². The predicted octanol–water partition coefficient (Wildman–Crippen LogP) is 5.97. The van der Waals surface area contributed by atoms with Crippen LogP contribution in [-0.2, 0) is 4.74 Å². The Morgan fingerprint density at radius 2 is 1.83 bits per heavy atom. The van der Waals surface area contributed by atoms with E-state index in [-0.39, 0.29) is 29.7 Å². The Hall–Kier alpha value is -3.41. The molecule has 6 heteroatoms. The van der Waals surface area contributed by atoms with Crippen LogP contribution in [0.3, 0.4) is 0 Å². The van der Waals surface area contributed by atoms with E-state index in [2.05, 4.69) is 31.2 Å². The van der Waals surface area contributed by atoms with Crippen molar-refractivity contribution >= 4 is 11.9 Å². The van der Waals surface area contributed by atoms with Gasteiger partial charge in [0.15, 0.2) is 5.69 Å². The number of rotatable bonds is 6. The van der Waals surface area contributed by atoms with Crippen molar-refractivity contribution in [2.24, 2.45) is 11.3 Å². The Morgan fingerprint density at radius 3 is 2.49 bits per heavy atom. The highest BCUT2D eigenvalue weighted by Crippen LogP contribution is 2.38. The second-order valence-electron chi connectivity index (χ2n) is 10.5. The lowest BCUT2D eigenvalue weighted by atomic mass is 9.70. The van der Waals surface area contributed by atoms with Gasteiger partial charge in [-0.1, -0.05) is 45.0 Å². The van der Waals surface area contributed by atoms with E-state index in [0.29, 0.717) is 11.5 Å². The van der Waals surface area contributed by atoms with Crippen molar-refractivity contribution in [1.82, 2.24) is 15.1 Å². The molecule has 0 unspecified atom stereocenters.